The highest BCUT2D eigenvalue weighted by Gasteiger charge is 2.32. The highest BCUT2D eigenvalue weighted by molar-refractivity contribution is 7.92. The second-order valence-electron chi connectivity index (χ2n) is 9.19. The topological polar surface area (TPSA) is 96.0 Å². The molecule has 0 fully saturated rings. The van der Waals surface area contributed by atoms with Crippen molar-refractivity contribution in [1.82, 2.24) is 10.2 Å². The zero-order valence-electron chi connectivity index (χ0n) is 22.2. The number of ether oxygens (including phenoxy) is 1. The Bertz CT molecular complexity index is 1130. The van der Waals surface area contributed by atoms with Crippen LogP contribution in [0.2, 0.25) is 0 Å². The molecule has 1 atom stereocenters. The van der Waals surface area contributed by atoms with E-state index in [1.165, 1.54) is 4.90 Å². The highest BCUT2D eigenvalue weighted by Crippen LogP contribution is 2.24. The number of carbonyl (C=O) groups is 2. The van der Waals surface area contributed by atoms with Crippen LogP contribution < -0.4 is 14.4 Å². The first-order valence-corrected chi connectivity index (χ1v) is 14.1. The van der Waals surface area contributed by atoms with Gasteiger partial charge in [0.05, 0.1) is 19.1 Å². The number of hydrogen-bond acceptors (Lipinski definition) is 5. The molecule has 2 aromatic carbocycles. The highest BCUT2D eigenvalue weighted by atomic mass is 32.2. The molecule has 36 heavy (non-hydrogen) atoms. The Morgan fingerprint density at radius 3 is 2.33 bits per heavy atom. The molecule has 9 heteroatoms. The molecule has 0 heterocycles. The monoisotopic (exact) mass is 517 g/mol. The standard InChI is InChI=1S/C27H39N3O5S/c1-7-22-13-9-10-15-25(22)30(36(6,33)34)19-26(31)29(18-21-12-11-14-23(16-21)35-5)24(8-2)27(32)28-17-20(3)4/h9-16,20,24H,7-8,17-19H2,1-6H3,(H,28,32)/t24-/m0/s1. The molecule has 0 radical (unpaired) electrons. The molecule has 198 valence electrons. The van der Waals surface area contributed by atoms with Crippen LogP contribution >= 0.6 is 0 Å². The molecule has 0 aliphatic rings. The normalized spacial score (nSPS) is 12.2. The molecule has 2 amide bonds. The Labute approximate surface area is 215 Å². The third-order valence-corrected chi connectivity index (χ3v) is 7.00. The third kappa shape index (κ3) is 7.98. The summed E-state index contributed by atoms with van der Waals surface area (Å²) in [6.45, 7) is 7.97. The van der Waals surface area contributed by atoms with Crippen molar-refractivity contribution < 1.29 is 22.7 Å². The number of methoxy groups -OCH3 is 1. The number of rotatable bonds is 13. The lowest BCUT2D eigenvalue weighted by atomic mass is 10.1. The van der Waals surface area contributed by atoms with Crippen LogP contribution in [0.1, 0.15) is 45.2 Å². The molecule has 0 saturated carbocycles. The van der Waals surface area contributed by atoms with Gasteiger partial charge in [0.25, 0.3) is 0 Å². The van der Waals surface area contributed by atoms with E-state index in [1.54, 1.807) is 31.4 Å². The predicted molar refractivity (Wildman–Crippen MR) is 143 cm³/mol. The van der Waals surface area contributed by atoms with Crippen molar-refractivity contribution in [2.24, 2.45) is 5.92 Å². The Balaban J connectivity index is 2.47. The smallest absolute Gasteiger partial charge is 0.244 e. The average molecular weight is 518 g/mol. The molecular weight excluding hydrogens is 478 g/mol. The molecule has 0 aromatic heterocycles. The number of para-hydroxylation sites is 1. The Hall–Kier alpha value is -3.07. The summed E-state index contributed by atoms with van der Waals surface area (Å²) in [4.78, 5) is 28.4. The van der Waals surface area contributed by atoms with Gasteiger partial charge in [0, 0.05) is 13.1 Å². The molecule has 8 nitrogen and oxygen atoms in total. The van der Waals surface area contributed by atoms with Crippen LogP contribution in [0.5, 0.6) is 5.75 Å². The quantitative estimate of drug-likeness (QED) is 0.438. The van der Waals surface area contributed by atoms with E-state index in [2.05, 4.69) is 5.32 Å². The van der Waals surface area contributed by atoms with Crippen LogP contribution in [0.4, 0.5) is 5.69 Å². The first-order chi connectivity index (χ1) is 17.0. The number of benzene rings is 2. The Morgan fingerprint density at radius 1 is 1.06 bits per heavy atom. The number of sulfonamides is 1. The first-order valence-electron chi connectivity index (χ1n) is 12.3. The molecule has 2 aromatic rings. The number of anilines is 1. The fourth-order valence-electron chi connectivity index (χ4n) is 3.96. The second-order valence-corrected chi connectivity index (χ2v) is 11.1. The van der Waals surface area contributed by atoms with Gasteiger partial charge in [0.15, 0.2) is 0 Å². The maximum Gasteiger partial charge on any atom is 0.244 e. The fourth-order valence-corrected chi connectivity index (χ4v) is 4.84. The zero-order valence-corrected chi connectivity index (χ0v) is 23.0. The number of aryl methyl sites for hydroxylation is 1. The largest absolute Gasteiger partial charge is 0.497 e. The minimum Gasteiger partial charge on any atom is -0.497 e. The number of amides is 2. The van der Waals surface area contributed by atoms with Crippen molar-refractivity contribution in [3.05, 3.63) is 59.7 Å². The molecule has 1 N–H and O–H groups in total. The van der Waals surface area contributed by atoms with Crippen molar-refractivity contribution in [1.29, 1.82) is 0 Å². The molecule has 0 saturated heterocycles. The third-order valence-electron chi connectivity index (χ3n) is 5.88. The van der Waals surface area contributed by atoms with Crippen LogP contribution in [-0.2, 0) is 32.6 Å². The number of carbonyl (C=O) groups excluding carboxylic acids is 2. The Morgan fingerprint density at radius 2 is 1.75 bits per heavy atom. The molecule has 0 bridgehead atoms. The van der Waals surface area contributed by atoms with Crippen LogP contribution in [0.15, 0.2) is 48.5 Å². The summed E-state index contributed by atoms with van der Waals surface area (Å²) in [6.07, 6.45) is 2.08. The van der Waals surface area contributed by atoms with Crippen molar-refractivity contribution in [3.63, 3.8) is 0 Å². The summed E-state index contributed by atoms with van der Waals surface area (Å²) in [5.41, 5.74) is 2.06. The first kappa shape index (κ1) is 29.2. The van der Waals surface area contributed by atoms with Gasteiger partial charge in [0.1, 0.15) is 18.3 Å². The van der Waals surface area contributed by atoms with Gasteiger partial charge in [-0.15, -0.1) is 0 Å². The lowest BCUT2D eigenvalue weighted by molar-refractivity contribution is -0.140. The molecule has 0 aliphatic carbocycles. The molecule has 2 rings (SSSR count). The van der Waals surface area contributed by atoms with Gasteiger partial charge in [-0.3, -0.25) is 13.9 Å². The van der Waals surface area contributed by atoms with E-state index in [-0.39, 0.29) is 18.4 Å². The fraction of sp³-hybridized carbons (Fsp3) is 0.481. The van der Waals surface area contributed by atoms with Gasteiger partial charge in [-0.1, -0.05) is 58.0 Å². The summed E-state index contributed by atoms with van der Waals surface area (Å²) >= 11 is 0. The van der Waals surface area contributed by atoms with Gasteiger partial charge in [-0.05, 0) is 48.1 Å². The summed E-state index contributed by atoms with van der Waals surface area (Å²) in [7, 11) is -2.21. The van der Waals surface area contributed by atoms with Crippen LogP contribution in [0, 0.1) is 5.92 Å². The zero-order chi connectivity index (χ0) is 26.9. The minimum absolute atomic E-state index is 0.136. The van der Waals surface area contributed by atoms with E-state index < -0.39 is 28.5 Å². The van der Waals surface area contributed by atoms with Gasteiger partial charge >= 0.3 is 0 Å². The lowest BCUT2D eigenvalue weighted by Gasteiger charge is -2.33. The molecule has 0 unspecified atom stereocenters. The number of nitrogens with zero attached hydrogens (tertiary/aromatic N) is 2. The van der Waals surface area contributed by atoms with Crippen molar-refractivity contribution >= 4 is 27.5 Å². The maximum absolute atomic E-state index is 13.8. The van der Waals surface area contributed by atoms with Crippen LogP contribution in [0.3, 0.4) is 0 Å². The lowest BCUT2D eigenvalue weighted by Crippen LogP contribution is -2.52. The summed E-state index contributed by atoms with van der Waals surface area (Å²) < 4.78 is 32.1. The number of nitrogens with one attached hydrogen (secondary N) is 1. The van der Waals surface area contributed by atoms with Gasteiger partial charge in [-0.25, -0.2) is 8.42 Å². The molecule has 0 aliphatic heterocycles. The van der Waals surface area contributed by atoms with Crippen molar-refractivity contribution in [2.75, 3.05) is 30.8 Å². The van der Waals surface area contributed by atoms with E-state index in [9.17, 15) is 18.0 Å². The van der Waals surface area contributed by atoms with E-state index in [1.807, 2.05) is 52.0 Å². The SMILES string of the molecule is CCc1ccccc1N(CC(=O)N(Cc1cccc(OC)c1)[C@@H](CC)C(=O)NCC(C)C)S(C)(=O)=O. The maximum atomic E-state index is 13.8. The van der Waals surface area contributed by atoms with Crippen LogP contribution in [0.25, 0.3) is 0 Å². The second kappa shape index (κ2) is 13.3. The van der Waals surface area contributed by atoms with E-state index in [0.29, 0.717) is 30.8 Å². The van der Waals surface area contributed by atoms with Gasteiger partial charge in [0.2, 0.25) is 21.8 Å². The Kier molecular flexibility index (Phi) is 10.8. The van der Waals surface area contributed by atoms with E-state index in [4.69, 9.17) is 4.74 Å². The van der Waals surface area contributed by atoms with Crippen LogP contribution in [-0.4, -0.2) is 57.6 Å². The van der Waals surface area contributed by atoms with Gasteiger partial charge < -0.3 is 15.0 Å². The predicted octanol–water partition coefficient (Wildman–Crippen LogP) is 3.60. The summed E-state index contributed by atoms with van der Waals surface area (Å²) in [6, 6.07) is 13.6. The summed E-state index contributed by atoms with van der Waals surface area (Å²) in [5.74, 6) is 0.162. The van der Waals surface area contributed by atoms with E-state index >= 15 is 0 Å². The molecular formula is C27H39N3O5S. The summed E-state index contributed by atoms with van der Waals surface area (Å²) in [5, 5.41) is 2.92. The van der Waals surface area contributed by atoms with Crippen molar-refractivity contribution in [2.45, 2.75) is 53.1 Å². The number of hydrogen-bond donors (Lipinski definition) is 1. The van der Waals surface area contributed by atoms with E-state index in [0.717, 1.165) is 21.7 Å². The van der Waals surface area contributed by atoms with Gasteiger partial charge in [-0.2, -0.15) is 0 Å². The molecule has 0 spiro atoms. The minimum atomic E-state index is -3.77. The average Bonchev–Trinajstić information content (AvgIpc) is 2.85. The van der Waals surface area contributed by atoms with Crippen molar-refractivity contribution in [3.8, 4) is 5.75 Å².